The lowest BCUT2D eigenvalue weighted by molar-refractivity contribution is -0.137. The van der Waals surface area contributed by atoms with Crippen LogP contribution in [-0.4, -0.2) is 30.3 Å². The number of hydrogen-bond acceptors (Lipinski definition) is 4. The third-order valence-electron chi connectivity index (χ3n) is 3.34. The topological polar surface area (TPSA) is 55.2 Å². The first-order valence-corrected chi connectivity index (χ1v) is 8.97. The number of alkyl halides is 3. The van der Waals surface area contributed by atoms with Gasteiger partial charge in [0.1, 0.15) is 0 Å². The monoisotopic (exact) mass is 363 g/mol. The van der Waals surface area contributed by atoms with Crippen LogP contribution in [0.4, 0.5) is 18.9 Å². The molecule has 1 aliphatic rings. The van der Waals surface area contributed by atoms with E-state index in [1.54, 1.807) is 7.05 Å². The Kier molecular flexibility index (Phi) is 3.83. The van der Waals surface area contributed by atoms with Gasteiger partial charge in [-0.1, -0.05) is 0 Å². The average Bonchev–Trinajstić information content (AvgIpc) is 2.92. The van der Waals surface area contributed by atoms with Crippen molar-refractivity contribution in [2.45, 2.75) is 16.1 Å². The Morgan fingerprint density at radius 1 is 1.30 bits per heavy atom. The second-order valence-electron chi connectivity index (χ2n) is 4.98. The maximum absolute atomic E-state index is 12.9. The molecular weight excluding hydrogens is 351 g/mol. The van der Waals surface area contributed by atoms with Crippen LogP contribution in [0.5, 0.6) is 0 Å². The summed E-state index contributed by atoms with van der Waals surface area (Å²) in [6, 6.07) is 3.15. The number of benzene rings is 1. The van der Waals surface area contributed by atoms with Gasteiger partial charge in [-0.15, -0.1) is 11.8 Å². The molecule has 0 saturated carbocycles. The normalized spacial score (nSPS) is 15.6. The number of thioether (sulfide) groups is 1. The van der Waals surface area contributed by atoms with Gasteiger partial charge in [-0.25, -0.2) is 4.98 Å². The predicted octanol–water partition coefficient (Wildman–Crippen LogP) is 2.74. The highest BCUT2D eigenvalue weighted by Gasteiger charge is 2.35. The molecule has 0 N–H and O–H groups in total. The van der Waals surface area contributed by atoms with E-state index in [0.717, 1.165) is 16.4 Å². The highest BCUT2D eigenvalue weighted by atomic mass is 32.2. The Balaban J connectivity index is 2.11. The van der Waals surface area contributed by atoms with Crippen LogP contribution < -0.4 is 4.31 Å². The Morgan fingerprint density at radius 2 is 2.04 bits per heavy atom. The van der Waals surface area contributed by atoms with Gasteiger partial charge in [0.25, 0.3) is 10.0 Å². The van der Waals surface area contributed by atoms with E-state index in [2.05, 4.69) is 4.98 Å². The molecule has 0 atom stereocenters. The second kappa shape index (κ2) is 5.45. The minimum Gasteiger partial charge on any atom is -0.339 e. The molecule has 124 valence electrons. The largest absolute Gasteiger partial charge is 0.416 e. The van der Waals surface area contributed by atoms with Crippen molar-refractivity contribution in [1.29, 1.82) is 0 Å². The van der Waals surface area contributed by atoms with Crippen molar-refractivity contribution in [1.82, 2.24) is 9.55 Å². The molecule has 5 nitrogen and oxygen atoms in total. The third-order valence-corrected chi connectivity index (χ3v) is 6.08. The van der Waals surface area contributed by atoms with Gasteiger partial charge in [-0.2, -0.15) is 21.6 Å². The highest BCUT2D eigenvalue weighted by Crippen LogP contribution is 2.41. The Hall–Kier alpha value is -1.68. The van der Waals surface area contributed by atoms with Crippen molar-refractivity contribution < 1.29 is 21.6 Å². The van der Waals surface area contributed by atoms with Crippen molar-refractivity contribution in [3.05, 3.63) is 36.3 Å². The molecule has 0 radical (unpaired) electrons. The summed E-state index contributed by atoms with van der Waals surface area (Å²) in [4.78, 5) is 4.31. The zero-order chi connectivity index (χ0) is 16.8. The minimum absolute atomic E-state index is 0.0433. The maximum atomic E-state index is 12.9. The molecule has 3 rings (SSSR count). The molecular formula is C13H12F3N3O2S2. The fourth-order valence-corrected chi connectivity index (χ4v) is 4.85. The molecule has 2 heterocycles. The molecule has 0 saturated heterocycles. The summed E-state index contributed by atoms with van der Waals surface area (Å²) in [5.41, 5.74) is -0.832. The summed E-state index contributed by atoms with van der Waals surface area (Å²) in [5.74, 6) is 0.463. The lowest BCUT2D eigenvalue weighted by atomic mass is 10.2. The average molecular weight is 363 g/mol. The van der Waals surface area contributed by atoms with E-state index in [1.165, 1.54) is 34.9 Å². The summed E-state index contributed by atoms with van der Waals surface area (Å²) in [6.07, 6.45) is -1.87. The molecule has 2 aromatic rings. The third kappa shape index (κ3) is 2.92. The van der Waals surface area contributed by atoms with E-state index in [-0.39, 0.29) is 17.3 Å². The van der Waals surface area contributed by atoms with Gasteiger partial charge in [-0.3, -0.25) is 4.31 Å². The minimum atomic E-state index is -4.53. The molecule has 0 unspecified atom stereocenters. The SMILES string of the molecule is Cn1cnc(S(=O)(=O)N2CCSc3ccc(C(F)(F)F)cc32)c1. The summed E-state index contributed by atoms with van der Waals surface area (Å²) in [5, 5.41) is -0.185. The summed E-state index contributed by atoms with van der Waals surface area (Å²) < 4.78 is 66.6. The molecule has 0 amide bonds. The molecule has 1 aliphatic heterocycles. The lowest BCUT2D eigenvalue weighted by Crippen LogP contribution is -2.35. The highest BCUT2D eigenvalue weighted by molar-refractivity contribution is 8.00. The van der Waals surface area contributed by atoms with E-state index in [4.69, 9.17) is 0 Å². The van der Waals surface area contributed by atoms with Gasteiger partial charge >= 0.3 is 6.18 Å². The Labute approximate surface area is 135 Å². The van der Waals surface area contributed by atoms with Crippen molar-refractivity contribution in [2.24, 2.45) is 7.05 Å². The standard InChI is InChI=1S/C13H12F3N3O2S2/c1-18-7-12(17-8-18)23(20,21)19-4-5-22-11-3-2-9(6-10(11)19)13(14,15)16/h2-3,6-8H,4-5H2,1H3. The molecule has 10 heteroatoms. The van der Waals surface area contributed by atoms with E-state index in [9.17, 15) is 21.6 Å². The summed E-state index contributed by atoms with van der Waals surface area (Å²) in [6.45, 7) is 0.0951. The van der Waals surface area contributed by atoms with Crippen LogP contribution in [0.25, 0.3) is 0 Å². The number of rotatable bonds is 2. The van der Waals surface area contributed by atoms with Gasteiger partial charge in [0.15, 0.2) is 5.03 Å². The first-order chi connectivity index (χ1) is 10.7. The quantitative estimate of drug-likeness (QED) is 0.823. The van der Waals surface area contributed by atoms with Gasteiger partial charge in [0.05, 0.1) is 17.6 Å². The second-order valence-corrected chi connectivity index (χ2v) is 7.93. The number of hydrogen-bond donors (Lipinski definition) is 0. The van der Waals surface area contributed by atoms with Crippen molar-refractivity contribution in [2.75, 3.05) is 16.6 Å². The number of nitrogens with zero attached hydrogens (tertiary/aromatic N) is 3. The molecule has 23 heavy (non-hydrogen) atoms. The molecule has 1 aromatic carbocycles. The van der Waals surface area contributed by atoms with Gasteiger partial charge < -0.3 is 4.57 Å². The van der Waals surface area contributed by atoms with Crippen LogP contribution in [0.15, 0.2) is 40.6 Å². The van der Waals surface area contributed by atoms with E-state index in [0.29, 0.717) is 10.6 Å². The van der Waals surface area contributed by atoms with Crippen LogP contribution in [0, 0.1) is 0 Å². The van der Waals surface area contributed by atoms with Crippen molar-refractivity contribution >= 4 is 27.5 Å². The number of aromatic nitrogens is 2. The molecule has 0 bridgehead atoms. The van der Waals surface area contributed by atoms with Crippen molar-refractivity contribution in [3.63, 3.8) is 0 Å². The number of anilines is 1. The summed E-state index contributed by atoms with van der Waals surface area (Å²) in [7, 11) is -2.38. The van der Waals surface area contributed by atoms with Gasteiger partial charge in [-0.05, 0) is 18.2 Å². The van der Waals surface area contributed by atoms with E-state index < -0.39 is 21.8 Å². The van der Waals surface area contributed by atoms with Crippen molar-refractivity contribution in [3.8, 4) is 0 Å². The fraction of sp³-hybridized carbons (Fsp3) is 0.308. The molecule has 0 aliphatic carbocycles. The maximum Gasteiger partial charge on any atom is 0.416 e. The van der Waals surface area contributed by atoms with Crippen LogP contribution in [0.3, 0.4) is 0 Å². The molecule has 1 aromatic heterocycles. The van der Waals surface area contributed by atoms with Crippen LogP contribution in [0.1, 0.15) is 5.56 Å². The zero-order valence-electron chi connectivity index (χ0n) is 11.9. The van der Waals surface area contributed by atoms with Gasteiger partial charge in [0, 0.05) is 30.4 Å². The van der Waals surface area contributed by atoms with Crippen LogP contribution in [-0.2, 0) is 23.2 Å². The van der Waals surface area contributed by atoms with Crippen LogP contribution >= 0.6 is 11.8 Å². The smallest absolute Gasteiger partial charge is 0.339 e. The Bertz CT molecular complexity index is 846. The predicted molar refractivity (Wildman–Crippen MR) is 79.9 cm³/mol. The molecule has 0 spiro atoms. The van der Waals surface area contributed by atoms with Gasteiger partial charge in [0.2, 0.25) is 0 Å². The van der Waals surface area contributed by atoms with E-state index in [1.807, 2.05) is 0 Å². The van der Waals surface area contributed by atoms with Crippen LogP contribution in [0.2, 0.25) is 0 Å². The number of halogens is 3. The first-order valence-electron chi connectivity index (χ1n) is 6.54. The van der Waals surface area contributed by atoms with E-state index >= 15 is 0 Å². The Morgan fingerprint density at radius 3 is 2.65 bits per heavy atom. The number of sulfonamides is 1. The number of aryl methyl sites for hydroxylation is 1. The summed E-state index contributed by atoms with van der Waals surface area (Å²) >= 11 is 1.33. The number of imidazole rings is 1. The molecule has 0 fully saturated rings. The zero-order valence-corrected chi connectivity index (χ0v) is 13.5. The fourth-order valence-electron chi connectivity index (χ4n) is 2.25. The lowest BCUT2D eigenvalue weighted by Gasteiger charge is -2.29. The number of fused-ring (bicyclic) bond motifs is 1. The first kappa shape index (κ1) is 16.2.